The molecule has 2 aromatic rings. The highest BCUT2D eigenvalue weighted by molar-refractivity contribution is 5.23. The third kappa shape index (κ3) is 2.63. The number of hydrogen-bond acceptors (Lipinski definition) is 4. The summed E-state index contributed by atoms with van der Waals surface area (Å²) in [5.74, 6) is 0.396. The van der Waals surface area contributed by atoms with Gasteiger partial charge in [-0.1, -0.05) is 6.07 Å². The molecule has 75 valence electrons. The lowest BCUT2D eigenvalue weighted by Crippen LogP contribution is -2.11. The fourth-order valence-electron chi connectivity index (χ4n) is 1.10. The van der Waals surface area contributed by atoms with Crippen molar-refractivity contribution in [2.45, 2.75) is 6.54 Å². The van der Waals surface area contributed by atoms with Gasteiger partial charge >= 0.3 is 0 Å². The fraction of sp³-hybridized carbons (Fsp3) is 0.100. The van der Waals surface area contributed by atoms with Crippen LogP contribution in [0.4, 0.5) is 5.95 Å². The molecular formula is C10H9N4O. The van der Waals surface area contributed by atoms with Crippen LogP contribution in [0.1, 0.15) is 5.69 Å². The number of aromatic nitrogens is 3. The van der Waals surface area contributed by atoms with Crippen LogP contribution in [-0.2, 0) is 6.54 Å². The predicted octanol–water partition coefficient (Wildman–Crippen LogP) is 0.577. The first-order valence-electron chi connectivity index (χ1n) is 4.46. The number of hydrogen-bond donors (Lipinski definition) is 2. The van der Waals surface area contributed by atoms with Crippen molar-refractivity contribution in [3.8, 4) is 0 Å². The van der Waals surface area contributed by atoms with Gasteiger partial charge in [0.2, 0.25) is 5.95 Å². The molecule has 0 aliphatic heterocycles. The molecule has 15 heavy (non-hydrogen) atoms. The second-order valence-electron chi connectivity index (χ2n) is 2.90. The van der Waals surface area contributed by atoms with Crippen LogP contribution in [0, 0.1) is 6.20 Å². The summed E-state index contributed by atoms with van der Waals surface area (Å²) >= 11 is 0. The fourth-order valence-corrected chi connectivity index (χ4v) is 1.10. The molecule has 2 rings (SSSR count). The molecule has 2 aromatic heterocycles. The van der Waals surface area contributed by atoms with E-state index in [0.717, 1.165) is 5.69 Å². The number of aromatic amines is 1. The summed E-state index contributed by atoms with van der Waals surface area (Å²) in [6.07, 6.45) is 4.20. The molecule has 0 aromatic carbocycles. The summed E-state index contributed by atoms with van der Waals surface area (Å²) in [5.41, 5.74) is 0.650. The van der Waals surface area contributed by atoms with E-state index in [2.05, 4.69) is 26.5 Å². The van der Waals surface area contributed by atoms with Crippen LogP contribution in [-0.4, -0.2) is 15.0 Å². The number of nitrogens with zero attached hydrogens (tertiary/aromatic N) is 2. The van der Waals surface area contributed by atoms with E-state index >= 15 is 0 Å². The van der Waals surface area contributed by atoms with Gasteiger partial charge in [0.05, 0.1) is 18.4 Å². The van der Waals surface area contributed by atoms with Gasteiger partial charge in [0.15, 0.2) is 0 Å². The van der Waals surface area contributed by atoms with Gasteiger partial charge in [0, 0.05) is 12.3 Å². The summed E-state index contributed by atoms with van der Waals surface area (Å²) < 4.78 is 0. The van der Waals surface area contributed by atoms with E-state index in [4.69, 9.17) is 0 Å². The van der Waals surface area contributed by atoms with Crippen LogP contribution < -0.4 is 10.9 Å². The molecule has 0 bridgehead atoms. The normalized spacial score (nSPS) is 9.87. The Balaban J connectivity index is 2.02. The Kier molecular flexibility index (Phi) is 2.73. The van der Waals surface area contributed by atoms with E-state index in [9.17, 15) is 4.79 Å². The lowest BCUT2D eigenvalue weighted by molar-refractivity contribution is 0.990. The molecule has 0 saturated carbocycles. The average molecular weight is 201 g/mol. The first-order valence-corrected chi connectivity index (χ1v) is 4.46. The zero-order valence-corrected chi connectivity index (χ0v) is 7.90. The minimum absolute atomic E-state index is 0.228. The van der Waals surface area contributed by atoms with E-state index in [1.807, 2.05) is 18.2 Å². The molecule has 0 atom stereocenters. The Labute approximate surface area is 86.2 Å². The highest BCUT2D eigenvalue weighted by Crippen LogP contribution is 1.97. The molecule has 0 fully saturated rings. The van der Waals surface area contributed by atoms with E-state index in [1.54, 1.807) is 6.20 Å². The molecular weight excluding hydrogens is 192 g/mol. The van der Waals surface area contributed by atoms with Gasteiger partial charge in [-0.05, 0) is 12.1 Å². The van der Waals surface area contributed by atoms with Gasteiger partial charge in [-0.2, -0.15) is 0 Å². The predicted molar refractivity (Wildman–Crippen MR) is 55.3 cm³/mol. The number of anilines is 1. The Morgan fingerprint density at radius 2 is 2.40 bits per heavy atom. The van der Waals surface area contributed by atoms with Crippen molar-refractivity contribution in [1.82, 2.24) is 15.0 Å². The lowest BCUT2D eigenvalue weighted by Gasteiger charge is -2.02. The Morgan fingerprint density at radius 3 is 3.13 bits per heavy atom. The number of nitrogens with one attached hydrogen (secondary N) is 2. The van der Waals surface area contributed by atoms with Crippen molar-refractivity contribution in [1.29, 1.82) is 0 Å². The summed E-state index contributed by atoms with van der Waals surface area (Å²) in [5, 5.41) is 2.94. The van der Waals surface area contributed by atoms with Crippen LogP contribution >= 0.6 is 0 Å². The van der Waals surface area contributed by atoms with E-state index in [0.29, 0.717) is 12.5 Å². The van der Waals surface area contributed by atoms with Crippen molar-refractivity contribution >= 4 is 5.95 Å². The smallest absolute Gasteiger partial charge is 0.252 e. The standard InChI is InChI=1S/C10H9N4O/c15-9-4-6-12-10(14-9)13-7-8-3-1-2-5-11-8/h1-5H,7H2,(H2,12,13,14,15). The molecule has 5 nitrogen and oxygen atoms in total. The van der Waals surface area contributed by atoms with Gasteiger partial charge in [-0.3, -0.25) is 14.8 Å². The van der Waals surface area contributed by atoms with Crippen molar-refractivity contribution < 1.29 is 0 Å². The van der Waals surface area contributed by atoms with Crippen LogP contribution in [0.25, 0.3) is 0 Å². The minimum Gasteiger partial charge on any atom is -0.350 e. The summed E-state index contributed by atoms with van der Waals surface area (Å²) in [4.78, 5) is 21.4. The molecule has 0 aliphatic carbocycles. The zero-order chi connectivity index (χ0) is 10.5. The topological polar surface area (TPSA) is 70.7 Å². The third-order valence-electron chi connectivity index (χ3n) is 1.78. The molecule has 0 aliphatic rings. The number of H-pyrrole nitrogens is 1. The Morgan fingerprint density at radius 1 is 1.47 bits per heavy atom. The largest absolute Gasteiger partial charge is 0.350 e. The summed E-state index contributed by atoms with van der Waals surface area (Å²) in [6.45, 7) is 0.516. The number of rotatable bonds is 3. The van der Waals surface area contributed by atoms with E-state index in [-0.39, 0.29) is 5.56 Å². The zero-order valence-electron chi connectivity index (χ0n) is 7.90. The van der Waals surface area contributed by atoms with Crippen LogP contribution in [0.3, 0.4) is 0 Å². The molecule has 0 unspecified atom stereocenters. The maximum Gasteiger partial charge on any atom is 0.252 e. The van der Waals surface area contributed by atoms with Gasteiger partial charge in [0.25, 0.3) is 5.56 Å². The first-order chi connectivity index (χ1) is 7.34. The van der Waals surface area contributed by atoms with E-state index < -0.39 is 0 Å². The molecule has 5 heteroatoms. The van der Waals surface area contributed by atoms with Crippen molar-refractivity contribution in [2.75, 3.05) is 5.32 Å². The maximum atomic E-state index is 10.9. The second kappa shape index (κ2) is 4.36. The van der Waals surface area contributed by atoms with Crippen molar-refractivity contribution in [3.63, 3.8) is 0 Å². The summed E-state index contributed by atoms with van der Waals surface area (Å²) in [6, 6.07) is 6.88. The van der Waals surface area contributed by atoms with E-state index in [1.165, 1.54) is 6.07 Å². The van der Waals surface area contributed by atoms with Crippen LogP contribution in [0.15, 0.2) is 35.3 Å². The monoisotopic (exact) mass is 201 g/mol. The molecule has 0 amide bonds. The molecule has 0 saturated heterocycles. The SMILES string of the molecule is O=c1c[c]nc(NCc2ccccn2)[nH]1. The summed E-state index contributed by atoms with van der Waals surface area (Å²) in [7, 11) is 0. The van der Waals surface area contributed by atoms with Crippen molar-refractivity contribution in [3.05, 3.63) is 52.7 Å². The average Bonchev–Trinajstić information content (AvgIpc) is 2.28. The van der Waals surface area contributed by atoms with Gasteiger partial charge < -0.3 is 5.32 Å². The Hall–Kier alpha value is -2.17. The maximum absolute atomic E-state index is 10.9. The Bertz CT molecular complexity index is 480. The lowest BCUT2D eigenvalue weighted by atomic mass is 10.3. The van der Waals surface area contributed by atoms with Gasteiger partial charge in [-0.25, -0.2) is 4.98 Å². The molecule has 2 heterocycles. The van der Waals surface area contributed by atoms with Crippen LogP contribution in [0.2, 0.25) is 0 Å². The number of pyridine rings is 1. The highest BCUT2D eigenvalue weighted by atomic mass is 16.1. The quantitative estimate of drug-likeness (QED) is 0.761. The molecule has 2 N–H and O–H groups in total. The third-order valence-corrected chi connectivity index (χ3v) is 1.78. The highest BCUT2D eigenvalue weighted by Gasteiger charge is 1.95. The molecule has 1 radical (unpaired) electrons. The molecule has 0 spiro atoms. The van der Waals surface area contributed by atoms with Crippen LogP contribution in [0.5, 0.6) is 0 Å². The minimum atomic E-state index is -0.228. The van der Waals surface area contributed by atoms with Gasteiger partial charge in [-0.15, -0.1) is 0 Å². The first kappa shape index (κ1) is 9.39. The second-order valence-corrected chi connectivity index (χ2v) is 2.90. The van der Waals surface area contributed by atoms with Gasteiger partial charge in [0.1, 0.15) is 0 Å². The van der Waals surface area contributed by atoms with Crippen molar-refractivity contribution in [2.24, 2.45) is 0 Å².